The van der Waals surface area contributed by atoms with Crippen molar-refractivity contribution in [1.82, 2.24) is 4.90 Å². The highest BCUT2D eigenvalue weighted by Crippen LogP contribution is 2.39. The maximum atomic E-state index is 12.8. The van der Waals surface area contributed by atoms with Gasteiger partial charge in [0.05, 0.1) is 5.54 Å². The smallest absolute Gasteiger partial charge is 0.223 e. The molecule has 1 aromatic carbocycles. The molecule has 2 aliphatic rings. The van der Waals surface area contributed by atoms with Crippen LogP contribution in [0.4, 0.5) is 0 Å². The van der Waals surface area contributed by atoms with Crippen molar-refractivity contribution in [3.63, 3.8) is 0 Å². The first kappa shape index (κ1) is 15.7. The Balaban J connectivity index is 1.66. The van der Waals surface area contributed by atoms with Gasteiger partial charge < -0.3 is 4.90 Å². The van der Waals surface area contributed by atoms with E-state index in [0.29, 0.717) is 19.3 Å². The van der Waals surface area contributed by atoms with Gasteiger partial charge in [-0.15, -0.1) is 12.3 Å². The van der Waals surface area contributed by atoms with Crippen LogP contribution in [0.25, 0.3) is 0 Å². The van der Waals surface area contributed by atoms with Gasteiger partial charge in [-0.05, 0) is 31.4 Å². The number of nitrogens with zero attached hydrogens (tertiary/aromatic N) is 3. The van der Waals surface area contributed by atoms with E-state index in [0.717, 1.165) is 19.4 Å². The average Bonchev–Trinajstić information content (AvgIpc) is 3.31. The second-order valence-corrected chi connectivity index (χ2v) is 6.90. The summed E-state index contributed by atoms with van der Waals surface area (Å²) in [5, 5.41) is 8.24. The highest BCUT2D eigenvalue weighted by Gasteiger charge is 2.42. The van der Waals surface area contributed by atoms with Gasteiger partial charge in [-0.2, -0.15) is 10.2 Å². The zero-order valence-electron chi connectivity index (χ0n) is 13.9. The highest BCUT2D eigenvalue weighted by molar-refractivity contribution is 5.78. The van der Waals surface area contributed by atoms with Crippen LogP contribution < -0.4 is 0 Å². The van der Waals surface area contributed by atoms with E-state index in [9.17, 15) is 4.79 Å². The molecule has 0 fully saturated rings. The van der Waals surface area contributed by atoms with Crippen molar-refractivity contribution in [3.8, 4) is 12.3 Å². The van der Waals surface area contributed by atoms with E-state index in [4.69, 9.17) is 6.42 Å². The molecule has 0 saturated carbocycles. The van der Waals surface area contributed by atoms with Crippen LogP contribution in [0, 0.1) is 12.3 Å². The van der Waals surface area contributed by atoms with E-state index in [-0.39, 0.29) is 17.1 Å². The molecule has 0 atom stereocenters. The lowest BCUT2D eigenvalue weighted by atomic mass is 9.83. The minimum absolute atomic E-state index is 0.182. The Hall–Kier alpha value is -2.15. The Morgan fingerprint density at radius 3 is 2.74 bits per heavy atom. The van der Waals surface area contributed by atoms with Gasteiger partial charge in [0.1, 0.15) is 0 Å². The number of carbonyl (C=O) groups is 1. The van der Waals surface area contributed by atoms with Crippen LogP contribution in [0.5, 0.6) is 0 Å². The summed E-state index contributed by atoms with van der Waals surface area (Å²) in [6.45, 7) is 5.03. The second kappa shape index (κ2) is 5.81. The maximum absolute atomic E-state index is 12.8. The summed E-state index contributed by atoms with van der Waals surface area (Å²) in [5.74, 6) is 2.81. The van der Waals surface area contributed by atoms with Crippen LogP contribution in [-0.2, 0) is 16.8 Å². The molecule has 0 aliphatic carbocycles. The molecule has 0 bridgehead atoms. The van der Waals surface area contributed by atoms with E-state index >= 15 is 0 Å². The molecule has 2 heterocycles. The first-order valence-corrected chi connectivity index (χ1v) is 8.25. The Morgan fingerprint density at radius 2 is 2.04 bits per heavy atom. The normalized spacial score (nSPS) is 19.8. The van der Waals surface area contributed by atoms with E-state index in [1.54, 1.807) is 0 Å². The number of benzene rings is 1. The summed E-state index contributed by atoms with van der Waals surface area (Å²) >= 11 is 0. The van der Waals surface area contributed by atoms with Gasteiger partial charge in [0.25, 0.3) is 0 Å². The van der Waals surface area contributed by atoms with E-state index in [2.05, 4.69) is 48.2 Å². The Labute approximate surface area is 138 Å². The van der Waals surface area contributed by atoms with Gasteiger partial charge in [-0.3, -0.25) is 4.79 Å². The van der Waals surface area contributed by atoms with Gasteiger partial charge in [0.15, 0.2) is 5.66 Å². The Bertz CT molecular complexity index is 678. The Kier molecular flexibility index (Phi) is 3.97. The van der Waals surface area contributed by atoms with E-state index < -0.39 is 0 Å². The molecule has 4 nitrogen and oxygen atoms in total. The van der Waals surface area contributed by atoms with E-state index in [1.807, 2.05) is 11.0 Å². The number of hydrogen-bond donors (Lipinski definition) is 0. The molecule has 3 rings (SSSR count). The molecule has 0 N–H and O–H groups in total. The van der Waals surface area contributed by atoms with Crippen LogP contribution in [0.1, 0.15) is 50.7 Å². The molecule has 2 aliphatic heterocycles. The number of amides is 1. The molecule has 0 saturated heterocycles. The lowest BCUT2D eigenvalue weighted by Gasteiger charge is -2.44. The first-order valence-electron chi connectivity index (χ1n) is 8.25. The molecule has 1 amide bonds. The van der Waals surface area contributed by atoms with Crippen LogP contribution >= 0.6 is 0 Å². The van der Waals surface area contributed by atoms with Crippen LogP contribution in [-0.4, -0.2) is 23.0 Å². The largest absolute Gasteiger partial charge is 0.333 e. The molecule has 1 aromatic rings. The predicted molar refractivity (Wildman–Crippen MR) is 89.8 cm³/mol. The van der Waals surface area contributed by atoms with Gasteiger partial charge in [-0.1, -0.05) is 24.3 Å². The standard InChI is InChI=1S/C19H23N3O/c1-4-5-12-19(20-21-19)13-10-17(23)22-14-11-15-8-6-7-9-16(15)18(22,2)3/h1,6-9H,5,10-14H2,2-3H3. The van der Waals surface area contributed by atoms with Crippen molar-refractivity contribution in [1.29, 1.82) is 0 Å². The number of rotatable bonds is 5. The fourth-order valence-electron chi connectivity index (χ4n) is 3.54. The predicted octanol–water partition coefficient (Wildman–Crippen LogP) is 3.66. The van der Waals surface area contributed by atoms with E-state index in [1.165, 1.54) is 11.1 Å². The summed E-state index contributed by atoms with van der Waals surface area (Å²) in [4.78, 5) is 14.8. The Morgan fingerprint density at radius 1 is 1.30 bits per heavy atom. The van der Waals surface area contributed by atoms with Crippen molar-refractivity contribution >= 4 is 5.91 Å². The second-order valence-electron chi connectivity index (χ2n) is 6.90. The number of terminal acetylenes is 1. The summed E-state index contributed by atoms with van der Waals surface area (Å²) in [6.07, 6.45) is 8.78. The SMILES string of the molecule is C#CCCC1(CCC(=O)N2CCc3ccccc3C2(C)C)N=N1. The summed E-state index contributed by atoms with van der Waals surface area (Å²) < 4.78 is 0. The summed E-state index contributed by atoms with van der Waals surface area (Å²) in [6, 6.07) is 8.41. The summed E-state index contributed by atoms with van der Waals surface area (Å²) in [5.41, 5.74) is 1.96. The van der Waals surface area contributed by atoms with Crippen molar-refractivity contribution in [2.75, 3.05) is 6.54 Å². The van der Waals surface area contributed by atoms with Crippen molar-refractivity contribution in [3.05, 3.63) is 35.4 Å². The van der Waals surface area contributed by atoms with Gasteiger partial charge >= 0.3 is 0 Å². The quantitative estimate of drug-likeness (QED) is 0.766. The fraction of sp³-hybridized carbons (Fsp3) is 0.526. The molecule has 120 valence electrons. The van der Waals surface area contributed by atoms with Crippen molar-refractivity contribution in [2.24, 2.45) is 10.2 Å². The molecule has 23 heavy (non-hydrogen) atoms. The zero-order valence-corrected chi connectivity index (χ0v) is 13.9. The number of carbonyl (C=O) groups excluding carboxylic acids is 1. The molecule has 0 spiro atoms. The number of fused-ring (bicyclic) bond motifs is 1. The minimum atomic E-state index is -0.375. The molecule has 0 radical (unpaired) electrons. The lowest BCUT2D eigenvalue weighted by molar-refractivity contribution is -0.137. The first-order chi connectivity index (χ1) is 11.0. The molecular formula is C19H23N3O. The monoisotopic (exact) mass is 309 g/mol. The molecule has 0 unspecified atom stereocenters. The topological polar surface area (TPSA) is 45.0 Å². The van der Waals surface area contributed by atoms with Crippen molar-refractivity contribution in [2.45, 2.75) is 57.2 Å². The lowest BCUT2D eigenvalue weighted by Crippen LogP contribution is -2.50. The van der Waals surface area contributed by atoms with Gasteiger partial charge in [0.2, 0.25) is 5.91 Å². The van der Waals surface area contributed by atoms with Crippen LogP contribution in [0.15, 0.2) is 34.5 Å². The van der Waals surface area contributed by atoms with Crippen molar-refractivity contribution < 1.29 is 4.79 Å². The minimum Gasteiger partial charge on any atom is -0.333 e. The highest BCUT2D eigenvalue weighted by atomic mass is 16.2. The molecule has 4 heteroatoms. The van der Waals surface area contributed by atoms with Crippen LogP contribution in [0.2, 0.25) is 0 Å². The summed E-state index contributed by atoms with van der Waals surface area (Å²) in [7, 11) is 0. The third-order valence-electron chi connectivity index (χ3n) is 5.05. The third kappa shape index (κ3) is 3.01. The molecule has 0 aromatic heterocycles. The number of hydrogen-bond acceptors (Lipinski definition) is 3. The fourth-order valence-corrected chi connectivity index (χ4v) is 3.54. The van der Waals surface area contributed by atoms with Crippen LogP contribution in [0.3, 0.4) is 0 Å². The third-order valence-corrected chi connectivity index (χ3v) is 5.05. The van der Waals surface area contributed by atoms with Gasteiger partial charge in [0, 0.05) is 32.2 Å². The van der Waals surface area contributed by atoms with Gasteiger partial charge in [-0.25, -0.2) is 0 Å². The average molecular weight is 309 g/mol. The zero-order chi connectivity index (χ0) is 16.5. The maximum Gasteiger partial charge on any atom is 0.223 e. The molecular weight excluding hydrogens is 286 g/mol.